The fourth-order valence-electron chi connectivity index (χ4n) is 3.05. The third kappa shape index (κ3) is 3.09. The van der Waals surface area contributed by atoms with Crippen LogP contribution < -0.4 is 5.32 Å². The predicted molar refractivity (Wildman–Crippen MR) is 101 cm³/mol. The van der Waals surface area contributed by atoms with E-state index in [0.29, 0.717) is 28.3 Å². The number of fused-ring (bicyclic) bond motifs is 1. The molecule has 1 aliphatic carbocycles. The van der Waals surface area contributed by atoms with Crippen molar-refractivity contribution in [3.05, 3.63) is 47.2 Å². The Morgan fingerprint density at radius 1 is 1.31 bits per heavy atom. The Labute approximate surface area is 152 Å². The third-order valence-corrected chi connectivity index (χ3v) is 5.02. The molecule has 1 atom stereocenters. The van der Waals surface area contributed by atoms with Crippen molar-refractivity contribution < 1.29 is 9.32 Å². The molecule has 0 spiro atoms. The Hall–Kier alpha value is -2.69. The van der Waals surface area contributed by atoms with Crippen LogP contribution in [0.1, 0.15) is 60.6 Å². The molecule has 1 amide bonds. The lowest BCUT2D eigenvalue weighted by Crippen LogP contribution is -2.32. The molecule has 0 radical (unpaired) electrons. The molecule has 1 fully saturated rings. The van der Waals surface area contributed by atoms with Crippen LogP contribution >= 0.6 is 0 Å². The molecule has 0 aliphatic heterocycles. The SMILES string of the molecule is CCC(C)NC(=O)c1cc(C2CC2)nc2onc(-c3ccc(C)cc3)c12. The summed E-state index contributed by atoms with van der Waals surface area (Å²) >= 11 is 0. The van der Waals surface area contributed by atoms with Crippen LogP contribution in [0.3, 0.4) is 0 Å². The minimum Gasteiger partial charge on any atom is -0.350 e. The van der Waals surface area contributed by atoms with Gasteiger partial charge in [-0.25, -0.2) is 4.98 Å². The summed E-state index contributed by atoms with van der Waals surface area (Å²) < 4.78 is 5.53. The number of carbonyl (C=O) groups is 1. The largest absolute Gasteiger partial charge is 0.350 e. The molecule has 1 unspecified atom stereocenters. The van der Waals surface area contributed by atoms with Crippen LogP contribution in [0.2, 0.25) is 0 Å². The highest BCUT2D eigenvalue weighted by Gasteiger charge is 2.29. The standard InChI is InChI=1S/C21H23N3O2/c1-4-13(3)22-20(25)16-11-17(14-9-10-14)23-21-18(16)19(24-26-21)15-7-5-12(2)6-8-15/h5-8,11,13-14H,4,9-10H2,1-3H3,(H,22,25). The van der Waals surface area contributed by atoms with E-state index in [2.05, 4.69) is 22.4 Å². The van der Waals surface area contributed by atoms with Crippen LogP contribution in [0.5, 0.6) is 0 Å². The van der Waals surface area contributed by atoms with Gasteiger partial charge in [-0.15, -0.1) is 0 Å². The number of hydrogen-bond donors (Lipinski definition) is 1. The molecule has 0 bridgehead atoms. The van der Waals surface area contributed by atoms with E-state index in [4.69, 9.17) is 4.52 Å². The molecule has 2 heterocycles. The topological polar surface area (TPSA) is 68.0 Å². The van der Waals surface area contributed by atoms with E-state index in [-0.39, 0.29) is 11.9 Å². The summed E-state index contributed by atoms with van der Waals surface area (Å²) in [6.45, 7) is 6.10. The number of rotatable bonds is 5. The van der Waals surface area contributed by atoms with Crippen molar-refractivity contribution in [2.45, 2.75) is 52.0 Å². The molecule has 4 rings (SSSR count). The van der Waals surface area contributed by atoms with Gasteiger partial charge in [0.15, 0.2) is 0 Å². The number of amides is 1. The number of aromatic nitrogens is 2. The maximum atomic E-state index is 13.0. The second kappa shape index (κ2) is 6.56. The van der Waals surface area contributed by atoms with E-state index in [1.165, 1.54) is 5.56 Å². The fourth-order valence-corrected chi connectivity index (χ4v) is 3.05. The summed E-state index contributed by atoms with van der Waals surface area (Å²) in [6.07, 6.45) is 3.11. The van der Waals surface area contributed by atoms with E-state index in [0.717, 1.165) is 30.5 Å². The first-order valence-electron chi connectivity index (χ1n) is 9.25. The summed E-state index contributed by atoms with van der Waals surface area (Å²) in [6, 6.07) is 10.1. The van der Waals surface area contributed by atoms with Gasteiger partial charge in [-0.05, 0) is 39.2 Å². The maximum absolute atomic E-state index is 13.0. The second-order valence-electron chi connectivity index (χ2n) is 7.23. The predicted octanol–water partition coefficient (Wildman–Crippen LogP) is 4.60. The first-order chi connectivity index (χ1) is 12.6. The Balaban J connectivity index is 1.86. The zero-order chi connectivity index (χ0) is 18.3. The smallest absolute Gasteiger partial charge is 0.259 e. The highest BCUT2D eigenvalue weighted by molar-refractivity contribution is 6.09. The van der Waals surface area contributed by atoms with Gasteiger partial charge in [-0.2, -0.15) is 0 Å². The molecular formula is C21H23N3O2. The number of benzene rings is 1. The van der Waals surface area contributed by atoms with Gasteiger partial charge in [0.1, 0.15) is 5.69 Å². The van der Waals surface area contributed by atoms with Gasteiger partial charge >= 0.3 is 0 Å². The number of aryl methyl sites for hydroxylation is 1. The minimum atomic E-state index is -0.0924. The zero-order valence-corrected chi connectivity index (χ0v) is 15.4. The Morgan fingerprint density at radius 3 is 2.69 bits per heavy atom. The van der Waals surface area contributed by atoms with Gasteiger partial charge in [-0.3, -0.25) is 4.79 Å². The molecule has 1 aliphatic rings. The third-order valence-electron chi connectivity index (χ3n) is 5.02. The van der Waals surface area contributed by atoms with E-state index in [1.54, 1.807) is 0 Å². The number of pyridine rings is 1. The van der Waals surface area contributed by atoms with Crippen molar-refractivity contribution in [3.8, 4) is 11.3 Å². The van der Waals surface area contributed by atoms with Crippen LogP contribution in [-0.2, 0) is 0 Å². The number of carbonyl (C=O) groups excluding carboxylic acids is 1. The van der Waals surface area contributed by atoms with Crippen LogP contribution in [0.15, 0.2) is 34.9 Å². The molecule has 2 aromatic heterocycles. The monoisotopic (exact) mass is 349 g/mol. The lowest BCUT2D eigenvalue weighted by molar-refractivity contribution is 0.0940. The second-order valence-corrected chi connectivity index (χ2v) is 7.23. The summed E-state index contributed by atoms with van der Waals surface area (Å²) in [4.78, 5) is 17.6. The van der Waals surface area contributed by atoms with Gasteiger partial charge in [0.05, 0.1) is 10.9 Å². The van der Waals surface area contributed by atoms with E-state index in [9.17, 15) is 4.79 Å². The van der Waals surface area contributed by atoms with Crippen molar-refractivity contribution in [2.24, 2.45) is 0 Å². The normalized spacial score (nSPS) is 15.2. The van der Waals surface area contributed by atoms with Gasteiger partial charge in [0.25, 0.3) is 11.6 Å². The Bertz CT molecular complexity index is 955. The lowest BCUT2D eigenvalue weighted by Gasteiger charge is -2.13. The molecule has 0 saturated heterocycles. The summed E-state index contributed by atoms with van der Waals surface area (Å²) in [7, 11) is 0. The minimum absolute atomic E-state index is 0.0924. The average molecular weight is 349 g/mol. The van der Waals surface area contributed by atoms with Crippen LogP contribution in [0.25, 0.3) is 22.4 Å². The summed E-state index contributed by atoms with van der Waals surface area (Å²) in [5, 5.41) is 8.00. The van der Waals surface area contributed by atoms with Crippen molar-refractivity contribution in [1.29, 1.82) is 0 Å². The highest BCUT2D eigenvalue weighted by Crippen LogP contribution is 2.41. The Morgan fingerprint density at radius 2 is 2.04 bits per heavy atom. The number of nitrogens with zero attached hydrogens (tertiary/aromatic N) is 2. The summed E-state index contributed by atoms with van der Waals surface area (Å²) in [5.41, 5.74) is 4.74. The zero-order valence-electron chi connectivity index (χ0n) is 15.4. The first kappa shape index (κ1) is 16.8. The van der Waals surface area contributed by atoms with Gasteiger partial charge < -0.3 is 9.84 Å². The van der Waals surface area contributed by atoms with Crippen LogP contribution in [-0.4, -0.2) is 22.1 Å². The van der Waals surface area contributed by atoms with Crippen molar-refractivity contribution in [3.63, 3.8) is 0 Å². The molecule has 1 N–H and O–H groups in total. The fraction of sp³-hybridized carbons (Fsp3) is 0.381. The number of hydrogen-bond acceptors (Lipinski definition) is 4. The molecule has 134 valence electrons. The molecule has 1 saturated carbocycles. The first-order valence-corrected chi connectivity index (χ1v) is 9.25. The van der Waals surface area contributed by atoms with Gasteiger partial charge in [0, 0.05) is 23.2 Å². The van der Waals surface area contributed by atoms with Gasteiger partial charge in [0.2, 0.25) is 0 Å². The molecule has 26 heavy (non-hydrogen) atoms. The molecule has 3 aromatic rings. The van der Waals surface area contributed by atoms with Gasteiger partial charge in [-0.1, -0.05) is 41.9 Å². The van der Waals surface area contributed by atoms with Crippen molar-refractivity contribution >= 4 is 17.0 Å². The maximum Gasteiger partial charge on any atom is 0.259 e. The van der Waals surface area contributed by atoms with E-state index in [1.807, 2.05) is 44.2 Å². The highest BCUT2D eigenvalue weighted by atomic mass is 16.5. The lowest BCUT2D eigenvalue weighted by atomic mass is 10.0. The van der Waals surface area contributed by atoms with Crippen LogP contribution in [0.4, 0.5) is 0 Å². The van der Waals surface area contributed by atoms with Crippen molar-refractivity contribution in [2.75, 3.05) is 0 Å². The van der Waals surface area contributed by atoms with E-state index >= 15 is 0 Å². The summed E-state index contributed by atoms with van der Waals surface area (Å²) in [5.74, 6) is 0.340. The quantitative estimate of drug-likeness (QED) is 0.731. The average Bonchev–Trinajstić information content (AvgIpc) is 3.41. The number of nitrogens with one attached hydrogen (secondary N) is 1. The van der Waals surface area contributed by atoms with Crippen LogP contribution in [0, 0.1) is 6.92 Å². The molecule has 1 aromatic carbocycles. The Kier molecular flexibility index (Phi) is 4.23. The molecule has 5 nitrogen and oxygen atoms in total. The van der Waals surface area contributed by atoms with E-state index < -0.39 is 0 Å². The molecule has 5 heteroatoms. The molecular weight excluding hydrogens is 326 g/mol. The van der Waals surface area contributed by atoms with Crippen molar-refractivity contribution in [1.82, 2.24) is 15.5 Å².